The molecule has 4 nitrogen and oxygen atoms in total. The molecule has 0 saturated carbocycles. The lowest BCUT2D eigenvalue weighted by Gasteiger charge is -2.14. The highest BCUT2D eigenvalue weighted by molar-refractivity contribution is 5.69. The van der Waals surface area contributed by atoms with Gasteiger partial charge in [0.1, 0.15) is 0 Å². The molecule has 0 N–H and O–H groups in total. The smallest absolute Gasteiger partial charge is 0.306 e. The molecule has 0 aromatic rings. The van der Waals surface area contributed by atoms with Crippen LogP contribution in [0.3, 0.4) is 0 Å². The fourth-order valence-electron chi connectivity index (χ4n) is 3.40. The molecule has 0 aliphatic rings. The summed E-state index contributed by atoms with van der Waals surface area (Å²) in [6.45, 7) is 11.9. The van der Waals surface area contributed by atoms with Crippen molar-refractivity contribution in [2.45, 2.75) is 125 Å². The largest absolute Gasteiger partial charge is 0.466 e. The van der Waals surface area contributed by atoms with Gasteiger partial charge in [-0.25, -0.2) is 0 Å². The summed E-state index contributed by atoms with van der Waals surface area (Å²) in [5.74, 6) is 1.57. The zero-order valence-corrected chi connectivity index (χ0v) is 20.7. The van der Waals surface area contributed by atoms with Crippen LogP contribution in [0.2, 0.25) is 0 Å². The Balaban J connectivity index is 3.50. The molecular formula is C26H50O4. The number of rotatable bonds is 20. The molecule has 0 radical (unpaired) electrons. The molecule has 0 rings (SSSR count). The van der Waals surface area contributed by atoms with Crippen LogP contribution >= 0.6 is 0 Å². The van der Waals surface area contributed by atoms with Gasteiger partial charge in [0.05, 0.1) is 13.2 Å². The zero-order valence-electron chi connectivity index (χ0n) is 20.7. The fourth-order valence-corrected chi connectivity index (χ4v) is 3.40. The maximum atomic E-state index is 11.9. The summed E-state index contributed by atoms with van der Waals surface area (Å²) in [6, 6.07) is 0. The van der Waals surface area contributed by atoms with Crippen molar-refractivity contribution in [1.82, 2.24) is 0 Å². The van der Waals surface area contributed by atoms with Crippen molar-refractivity contribution in [3.8, 4) is 0 Å². The number of unbranched alkanes of at least 4 members (excludes halogenated alkanes) is 7. The van der Waals surface area contributed by atoms with Gasteiger partial charge in [-0.3, -0.25) is 9.59 Å². The lowest BCUT2D eigenvalue weighted by atomic mass is 9.95. The third-order valence-electron chi connectivity index (χ3n) is 5.69. The Morgan fingerprint density at radius 1 is 0.633 bits per heavy atom. The summed E-state index contributed by atoms with van der Waals surface area (Å²) in [5, 5.41) is 0. The second-order valence-corrected chi connectivity index (χ2v) is 9.65. The molecule has 0 aromatic carbocycles. The van der Waals surface area contributed by atoms with E-state index in [4.69, 9.17) is 9.47 Å². The Morgan fingerprint density at radius 2 is 1.10 bits per heavy atom. The summed E-state index contributed by atoms with van der Waals surface area (Å²) in [4.78, 5) is 23.5. The fraction of sp³-hybridized carbons (Fsp3) is 0.923. The second kappa shape index (κ2) is 19.9. The van der Waals surface area contributed by atoms with E-state index in [9.17, 15) is 9.59 Å². The molecule has 1 unspecified atom stereocenters. The van der Waals surface area contributed by atoms with E-state index in [1.165, 1.54) is 38.5 Å². The summed E-state index contributed by atoms with van der Waals surface area (Å²) >= 11 is 0. The molecular weight excluding hydrogens is 376 g/mol. The van der Waals surface area contributed by atoms with Gasteiger partial charge in [0.2, 0.25) is 0 Å². The molecule has 0 fully saturated rings. The minimum absolute atomic E-state index is 0.0219. The second-order valence-electron chi connectivity index (χ2n) is 9.65. The van der Waals surface area contributed by atoms with Gasteiger partial charge in [0.15, 0.2) is 0 Å². The van der Waals surface area contributed by atoms with Gasteiger partial charge in [-0.2, -0.15) is 0 Å². The first-order valence-corrected chi connectivity index (χ1v) is 12.7. The van der Waals surface area contributed by atoms with E-state index in [2.05, 4.69) is 34.6 Å². The van der Waals surface area contributed by atoms with Gasteiger partial charge in [-0.05, 0) is 43.4 Å². The summed E-state index contributed by atoms with van der Waals surface area (Å²) in [5.41, 5.74) is 0. The van der Waals surface area contributed by atoms with E-state index in [-0.39, 0.29) is 11.9 Å². The van der Waals surface area contributed by atoms with Gasteiger partial charge in [-0.15, -0.1) is 0 Å². The first-order chi connectivity index (χ1) is 14.3. The number of hydrogen-bond donors (Lipinski definition) is 0. The molecule has 0 aliphatic heterocycles. The Morgan fingerprint density at radius 3 is 1.60 bits per heavy atom. The molecule has 0 saturated heterocycles. The standard InChI is InChI=1S/C26H50O4/c1-6-24(21-26(28)30-20-18-23(4)5)15-13-11-9-7-8-10-12-14-16-25(27)29-19-17-22(2)3/h22-24H,6-21H2,1-5H3. The average Bonchev–Trinajstić information content (AvgIpc) is 2.67. The minimum Gasteiger partial charge on any atom is -0.466 e. The Labute approximate surface area is 186 Å². The van der Waals surface area contributed by atoms with E-state index in [0.717, 1.165) is 38.5 Å². The Hall–Kier alpha value is -1.06. The van der Waals surface area contributed by atoms with E-state index < -0.39 is 0 Å². The molecule has 0 heterocycles. The van der Waals surface area contributed by atoms with Crippen molar-refractivity contribution in [3.63, 3.8) is 0 Å². The maximum absolute atomic E-state index is 11.9. The van der Waals surface area contributed by atoms with E-state index in [1.807, 2.05) is 0 Å². The lowest BCUT2D eigenvalue weighted by Crippen LogP contribution is -2.13. The molecule has 4 heteroatoms. The topological polar surface area (TPSA) is 52.6 Å². The van der Waals surface area contributed by atoms with Crippen LogP contribution in [0.15, 0.2) is 0 Å². The molecule has 0 bridgehead atoms. The summed E-state index contributed by atoms with van der Waals surface area (Å²) in [7, 11) is 0. The molecule has 0 spiro atoms. The number of carbonyl (C=O) groups is 2. The highest BCUT2D eigenvalue weighted by Gasteiger charge is 2.13. The van der Waals surface area contributed by atoms with Crippen molar-refractivity contribution in [3.05, 3.63) is 0 Å². The predicted molar refractivity (Wildman–Crippen MR) is 125 cm³/mol. The van der Waals surface area contributed by atoms with Crippen molar-refractivity contribution < 1.29 is 19.1 Å². The lowest BCUT2D eigenvalue weighted by molar-refractivity contribution is -0.145. The van der Waals surface area contributed by atoms with Gasteiger partial charge < -0.3 is 9.47 Å². The van der Waals surface area contributed by atoms with E-state index in [0.29, 0.717) is 43.8 Å². The normalized spacial score (nSPS) is 12.4. The van der Waals surface area contributed by atoms with E-state index in [1.54, 1.807) is 0 Å². The van der Waals surface area contributed by atoms with Crippen LogP contribution in [0.1, 0.15) is 125 Å². The van der Waals surface area contributed by atoms with Crippen LogP contribution < -0.4 is 0 Å². The first-order valence-electron chi connectivity index (χ1n) is 12.7. The van der Waals surface area contributed by atoms with Crippen molar-refractivity contribution in [2.75, 3.05) is 13.2 Å². The monoisotopic (exact) mass is 426 g/mol. The van der Waals surface area contributed by atoms with Gasteiger partial charge in [0.25, 0.3) is 0 Å². The molecule has 178 valence electrons. The Bertz CT molecular complexity index is 417. The van der Waals surface area contributed by atoms with Crippen molar-refractivity contribution in [2.24, 2.45) is 17.8 Å². The zero-order chi connectivity index (χ0) is 22.6. The third kappa shape index (κ3) is 20.2. The van der Waals surface area contributed by atoms with Crippen molar-refractivity contribution >= 4 is 11.9 Å². The van der Waals surface area contributed by atoms with Crippen LogP contribution in [0.5, 0.6) is 0 Å². The predicted octanol–water partition coefficient (Wildman–Crippen LogP) is 7.48. The third-order valence-corrected chi connectivity index (χ3v) is 5.69. The quantitative estimate of drug-likeness (QED) is 0.149. The first kappa shape index (κ1) is 28.9. The number of esters is 2. The SMILES string of the molecule is CCC(CCCCCCCCCCC(=O)OCCC(C)C)CC(=O)OCCC(C)C. The number of carbonyl (C=O) groups excluding carboxylic acids is 2. The maximum Gasteiger partial charge on any atom is 0.306 e. The molecule has 0 aromatic heterocycles. The molecule has 1 atom stereocenters. The number of hydrogen-bond acceptors (Lipinski definition) is 4. The summed E-state index contributed by atoms with van der Waals surface area (Å²) < 4.78 is 10.6. The van der Waals surface area contributed by atoms with Crippen LogP contribution in [-0.2, 0) is 19.1 Å². The van der Waals surface area contributed by atoms with Crippen molar-refractivity contribution in [1.29, 1.82) is 0 Å². The average molecular weight is 427 g/mol. The Kier molecular flexibility index (Phi) is 19.2. The highest BCUT2D eigenvalue weighted by atomic mass is 16.5. The van der Waals surface area contributed by atoms with Crippen LogP contribution in [0.25, 0.3) is 0 Å². The van der Waals surface area contributed by atoms with Gasteiger partial charge in [-0.1, -0.05) is 86.0 Å². The van der Waals surface area contributed by atoms with E-state index >= 15 is 0 Å². The van der Waals surface area contributed by atoms with Crippen LogP contribution in [-0.4, -0.2) is 25.2 Å². The van der Waals surface area contributed by atoms with Gasteiger partial charge >= 0.3 is 11.9 Å². The summed E-state index contributed by atoms with van der Waals surface area (Å²) in [6.07, 6.45) is 14.8. The molecule has 30 heavy (non-hydrogen) atoms. The van der Waals surface area contributed by atoms with Crippen LogP contribution in [0.4, 0.5) is 0 Å². The minimum atomic E-state index is -0.0371. The highest BCUT2D eigenvalue weighted by Crippen LogP contribution is 2.19. The van der Waals surface area contributed by atoms with Crippen LogP contribution in [0, 0.1) is 17.8 Å². The molecule has 0 amide bonds. The molecule has 0 aliphatic carbocycles. The number of ether oxygens (including phenoxy) is 2. The van der Waals surface area contributed by atoms with Gasteiger partial charge in [0, 0.05) is 12.8 Å².